The van der Waals surface area contributed by atoms with Crippen LogP contribution in [0.1, 0.15) is 18.1 Å². The number of aromatic nitrogens is 3. The van der Waals surface area contributed by atoms with E-state index in [0.29, 0.717) is 17.8 Å². The molecule has 0 spiro atoms. The van der Waals surface area contributed by atoms with E-state index in [2.05, 4.69) is 20.3 Å². The molecule has 3 aromatic rings. The van der Waals surface area contributed by atoms with E-state index >= 15 is 0 Å². The lowest BCUT2D eigenvalue weighted by Gasteiger charge is -2.11. The van der Waals surface area contributed by atoms with E-state index in [9.17, 15) is 8.78 Å². The van der Waals surface area contributed by atoms with Crippen molar-refractivity contribution in [2.24, 2.45) is 0 Å². The Morgan fingerprint density at radius 1 is 1.04 bits per heavy atom. The van der Waals surface area contributed by atoms with E-state index in [1.165, 1.54) is 6.07 Å². The molecule has 1 aliphatic carbocycles. The Kier molecular flexibility index (Phi) is 4.04. The number of hydrogen-bond donors (Lipinski definition) is 1. The highest BCUT2D eigenvalue weighted by molar-refractivity contribution is 5.66. The number of nitrogens with one attached hydrogen (secondary N) is 1. The third-order valence-electron chi connectivity index (χ3n) is 3.97. The molecule has 130 valence electrons. The fourth-order valence-corrected chi connectivity index (χ4v) is 2.77. The summed E-state index contributed by atoms with van der Waals surface area (Å²) in [4.78, 5) is 11.7. The van der Waals surface area contributed by atoms with Gasteiger partial charge in [0.15, 0.2) is 17.4 Å². The van der Waals surface area contributed by atoms with Crippen molar-refractivity contribution in [3.8, 4) is 11.6 Å². The minimum absolute atomic E-state index is 0.0870. The van der Waals surface area contributed by atoms with Crippen molar-refractivity contribution in [2.75, 3.05) is 5.32 Å². The average Bonchev–Trinajstić information content (AvgIpc) is 3.03. The molecular formula is C19H14F2N4O. The molecular weight excluding hydrogens is 338 g/mol. The van der Waals surface area contributed by atoms with Gasteiger partial charge in [-0.1, -0.05) is 23.8 Å². The summed E-state index contributed by atoms with van der Waals surface area (Å²) in [5, 5.41) is 2.74. The lowest BCUT2D eigenvalue weighted by molar-refractivity contribution is 0.397. The van der Waals surface area contributed by atoms with Crippen LogP contribution in [0.4, 0.5) is 20.4 Å². The molecule has 2 aromatic heterocycles. The first-order valence-corrected chi connectivity index (χ1v) is 7.97. The molecule has 4 rings (SSSR count). The second-order valence-corrected chi connectivity index (χ2v) is 5.90. The van der Waals surface area contributed by atoms with Crippen LogP contribution in [0.2, 0.25) is 0 Å². The van der Waals surface area contributed by atoms with Crippen molar-refractivity contribution in [3.05, 3.63) is 71.2 Å². The summed E-state index contributed by atoms with van der Waals surface area (Å²) in [6, 6.07) is 8.40. The number of pyridine rings is 1. The van der Waals surface area contributed by atoms with E-state index in [-0.39, 0.29) is 17.4 Å². The number of rotatable bonds is 4. The van der Waals surface area contributed by atoms with Gasteiger partial charge in [0, 0.05) is 11.8 Å². The Morgan fingerprint density at radius 3 is 2.73 bits per heavy atom. The maximum Gasteiger partial charge on any atom is 0.261 e. The highest BCUT2D eigenvalue weighted by atomic mass is 19.1. The third kappa shape index (κ3) is 2.99. The van der Waals surface area contributed by atoms with E-state index in [1.807, 2.05) is 6.92 Å². The van der Waals surface area contributed by atoms with Gasteiger partial charge in [0.1, 0.15) is 12.1 Å². The SMILES string of the molecule is CC1=Cc2c(ccc(Oc3ncnc(Nc4ccccn4)c3F)c2F)C1. The van der Waals surface area contributed by atoms with Gasteiger partial charge in [-0.05, 0) is 37.1 Å². The fourth-order valence-electron chi connectivity index (χ4n) is 2.77. The van der Waals surface area contributed by atoms with Crippen LogP contribution < -0.4 is 10.1 Å². The molecule has 1 N–H and O–H groups in total. The highest BCUT2D eigenvalue weighted by Gasteiger charge is 2.20. The summed E-state index contributed by atoms with van der Waals surface area (Å²) in [6.07, 6.45) is 5.17. The Hall–Kier alpha value is -3.35. The molecule has 0 saturated carbocycles. The summed E-state index contributed by atoms with van der Waals surface area (Å²) in [6.45, 7) is 1.93. The van der Waals surface area contributed by atoms with Gasteiger partial charge in [0.2, 0.25) is 5.82 Å². The molecule has 5 nitrogen and oxygen atoms in total. The normalized spacial score (nSPS) is 12.5. The first-order chi connectivity index (χ1) is 12.6. The molecule has 0 saturated heterocycles. The van der Waals surface area contributed by atoms with Crippen LogP contribution in [0.5, 0.6) is 11.6 Å². The van der Waals surface area contributed by atoms with E-state index < -0.39 is 11.6 Å². The van der Waals surface area contributed by atoms with E-state index in [1.54, 1.807) is 36.5 Å². The zero-order valence-electron chi connectivity index (χ0n) is 13.8. The van der Waals surface area contributed by atoms with Gasteiger partial charge >= 0.3 is 0 Å². The molecule has 0 amide bonds. The number of hydrogen-bond acceptors (Lipinski definition) is 5. The van der Waals surface area contributed by atoms with Gasteiger partial charge in [-0.25, -0.2) is 14.4 Å². The lowest BCUT2D eigenvalue weighted by Crippen LogP contribution is -2.03. The van der Waals surface area contributed by atoms with Crippen LogP contribution in [0.25, 0.3) is 6.08 Å². The van der Waals surface area contributed by atoms with Crippen LogP contribution in [-0.4, -0.2) is 15.0 Å². The minimum atomic E-state index is -0.829. The number of nitrogens with zero attached hydrogens (tertiary/aromatic N) is 3. The molecule has 2 heterocycles. The highest BCUT2D eigenvalue weighted by Crippen LogP contribution is 2.35. The van der Waals surface area contributed by atoms with Crippen LogP contribution in [0, 0.1) is 11.6 Å². The maximum absolute atomic E-state index is 14.7. The number of benzene rings is 1. The molecule has 0 radical (unpaired) electrons. The molecule has 0 fully saturated rings. The summed E-state index contributed by atoms with van der Waals surface area (Å²) >= 11 is 0. The molecule has 0 aliphatic heterocycles. The van der Waals surface area contributed by atoms with Crippen molar-refractivity contribution in [1.29, 1.82) is 0 Å². The van der Waals surface area contributed by atoms with Crippen LogP contribution in [-0.2, 0) is 6.42 Å². The molecule has 0 atom stereocenters. The largest absolute Gasteiger partial charge is 0.433 e. The number of halogens is 2. The quantitative estimate of drug-likeness (QED) is 0.741. The van der Waals surface area contributed by atoms with Gasteiger partial charge in [0.05, 0.1) is 0 Å². The van der Waals surface area contributed by atoms with Crippen molar-refractivity contribution < 1.29 is 13.5 Å². The Labute approximate surface area is 148 Å². The van der Waals surface area contributed by atoms with Crippen molar-refractivity contribution in [1.82, 2.24) is 15.0 Å². The van der Waals surface area contributed by atoms with Gasteiger partial charge < -0.3 is 10.1 Å². The molecule has 7 heteroatoms. The summed E-state index contributed by atoms with van der Waals surface area (Å²) in [7, 11) is 0. The molecule has 1 aromatic carbocycles. The molecule has 26 heavy (non-hydrogen) atoms. The second-order valence-electron chi connectivity index (χ2n) is 5.90. The number of anilines is 2. The Bertz CT molecular complexity index is 1010. The monoisotopic (exact) mass is 352 g/mol. The van der Waals surface area contributed by atoms with Crippen LogP contribution in [0.3, 0.4) is 0 Å². The topological polar surface area (TPSA) is 59.9 Å². The predicted molar refractivity (Wildman–Crippen MR) is 93.3 cm³/mol. The number of allylic oxidation sites excluding steroid dienone is 1. The van der Waals surface area contributed by atoms with Crippen molar-refractivity contribution in [2.45, 2.75) is 13.3 Å². The van der Waals surface area contributed by atoms with Gasteiger partial charge in [-0.3, -0.25) is 0 Å². The zero-order valence-corrected chi connectivity index (χ0v) is 13.8. The molecule has 0 unspecified atom stereocenters. The van der Waals surface area contributed by atoms with Gasteiger partial charge in [-0.15, -0.1) is 0 Å². The minimum Gasteiger partial charge on any atom is -0.433 e. The predicted octanol–water partition coefficient (Wildman–Crippen LogP) is 4.65. The van der Waals surface area contributed by atoms with Crippen molar-refractivity contribution in [3.63, 3.8) is 0 Å². The summed E-state index contributed by atoms with van der Waals surface area (Å²) in [5.41, 5.74) is 2.42. The molecule has 1 aliphatic rings. The third-order valence-corrected chi connectivity index (χ3v) is 3.97. The van der Waals surface area contributed by atoms with Crippen molar-refractivity contribution >= 4 is 17.7 Å². The number of ether oxygens (including phenoxy) is 1. The lowest BCUT2D eigenvalue weighted by atomic mass is 10.1. The zero-order chi connectivity index (χ0) is 18.1. The number of fused-ring (bicyclic) bond motifs is 1. The summed E-state index contributed by atoms with van der Waals surface area (Å²) < 4.78 is 34.7. The Morgan fingerprint density at radius 2 is 1.92 bits per heavy atom. The van der Waals surface area contributed by atoms with E-state index in [4.69, 9.17) is 4.74 Å². The van der Waals surface area contributed by atoms with Gasteiger partial charge in [0.25, 0.3) is 5.88 Å². The van der Waals surface area contributed by atoms with Gasteiger partial charge in [-0.2, -0.15) is 9.37 Å². The smallest absolute Gasteiger partial charge is 0.261 e. The average molecular weight is 352 g/mol. The standard InChI is InChI=1S/C19H14F2N4O/c1-11-8-12-5-6-14(16(20)13(12)9-11)26-19-17(21)18(23-10-24-19)25-15-4-2-3-7-22-15/h2-7,9-10H,8H2,1H3,(H,22,23,24,25). The first-order valence-electron chi connectivity index (χ1n) is 7.97. The maximum atomic E-state index is 14.7. The molecule has 0 bridgehead atoms. The first kappa shape index (κ1) is 16.1. The van der Waals surface area contributed by atoms with E-state index in [0.717, 1.165) is 17.5 Å². The fraction of sp³-hybridized carbons (Fsp3) is 0.105. The second kappa shape index (κ2) is 6.51. The van der Waals surface area contributed by atoms with Crippen LogP contribution >= 0.6 is 0 Å². The summed E-state index contributed by atoms with van der Waals surface area (Å²) in [5.74, 6) is -1.50. The Balaban J connectivity index is 1.64. The van der Waals surface area contributed by atoms with Crippen LogP contribution in [0.15, 0.2) is 48.4 Å².